The third-order valence-corrected chi connectivity index (χ3v) is 5.49. The lowest BCUT2D eigenvalue weighted by molar-refractivity contribution is 0.198. The van der Waals surface area contributed by atoms with Gasteiger partial charge in [0.2, 0.25) is 0 Å². The molecule has 0 bridgehead atoms. The average molecular weight is 418 g/mol. The summed E-state index contributed by atoms with van der Waals surface area (Å²) in [7, 11) is 0. The quantitative estimate of drug-likeness (QED) is 0.435. The predicted molar refractivity (Wildman–Crippen MR) is 109 cm³/mol. The molecule has 4 rings (SSSR count). The van der Waals surface area contributed by atoms with Gasteiger partial charge in [0.1, 0.15) is 0 Å². The van der Waals surface area contributed by atoms with E-state index in [9.17, 15) is 5.11 Å². The van der Waals surface area contributed by atoms with Gasteiger partial charge in [0, 0.05) is 41.6 Å². The molecule has 1 aliphatic carbocycles. The van der Waals surface area contributed by atoms with Crippen LogP contribution in [0.5, 0.6) is 0 Å². The summed E-state index contributed by atoms with van der Waals surface area (Å²) in [6.07, 6.45) is 6.54. The Hall–Kier alpha value is -2.55. The van der Waals surface area contributed by atoms with Crippen molar-refractivity contribution in [3.8, 4) is 0 Å². The Morgan fingerprint density at radius 3 is 2.93 bits per heavy atom. The number of aliphatic hydroxyl groups excluding tert-OH is 1. The lowest BCUT2D eigenvalue weighted by Gasteiger charge is -2.23. The van der Waals surface area contributed by atoms with Gasteiger partial charge in [0.25, 0.3) is 0 Å². The van der Waals surface area contributed by atoms with Crippen molar-refractivity contribution in [1.29, 1.82) is 5.41 Å². The molecule has 0 spiro atoms. The molecule has 3 N–H and O–H groups in total. The predicted octanol–water partition coefficient (Wildman–Crippen LogP) is 3.26. The van der Waals surface area contributed by atoms with E-state index >= 15 is 0 Å². The fourth-order valence-electron chi connectivity index (χ4n) is 3.73. The number of rotatable bonds is 5. The molecule has 28 heavy (non-hydrogen) atoms. The molecule has 0 saturated heterocycles. The van der Waals surface area contributed by atoms with Crippen LogP contribution < -0.4 is 5.43 Å². The molecule has 0 fully saturated rings. The molecule has 0 aromatic carbocycles. The number of hydrazone groups is 1. The number of halogens is 2. The minimum Gasteiger partial charge on any atom is -0.395 e. The maximum absolute atomic E-state index is 10.1. The van der Waals surface area contributed by atoms with E-state index in [1.807, 2.05) is 19.2 Å². The van der Waals surface area contributed by atoms with Gasteiger partial charge in [-0.2, -0.15) is 10.2 Å². The number of aliphatic hydroxyl groups is 1. The van der Waals surface area contributed by atoms with E-state index in [2.05, 4.69) is 25.6 Å². The van der Waals surface area contributed by atoms with Crippen LogP contribution in [0.25, 0.3) is 5.65 Å². The first-order valence-electron chi connectivity index (χ1n) is 8.56. The standard InChI is InChI=1S/C18H17Cl2N7O/c1-18(9-28)6-11(10-4-13(19)17(23-7-10)25-24-3-2-21)12-8-22-15-5-14(20)26-27(15)16(12)18/h2-5,7-8,11,21,28H,6,9H2,1H3,(H,23,25)/b21-2?,24-3-. The first-order chi connectivity index (χ1) is 13.5. The smallest absolute Gasteiger partial charge is 0.165 e. The average Bonchev–Trinajstić information content (AvgIpc) is 3.20. The fourth-order valence-corrected chi connectivity index (χ4v) is 4.12. The maximum Gasteiger partial charge on any atom is 0.165 e. The van der Waals surface area contributed by atoms with Crippen molar-refractivity contribution >= 4 is 47.1 Å². The zero-order valence-electron chi connectivity index (χ0n) is 14.9. The first-order valence-corrected chi connectivity index (χ1v) is 9.31. The van der Waals surface area contributed by atoms with Crippen molar-refractivity contribution in [2.45, 2.75) is 24.7 Å². The van der Waals surface area contributed by atoms with Crippen molar-refractivity contribution in [3.05, 3.63) is 51.5 Å². The molecular formula is C18H17Cl2N7O. The van der Waals surface area contributed by atoms with E-state index in [-0.39, 0.29) is 12.5 Å². The maximum atomic E-state index is 10.1. The summed E-state index contributed by atoms with van der Waals surface area (Å²) in [5.41, 5.74) is 5.60. The number of hydrogen-bond donors (Lipinski definition) is 3. The van der Waals surface area contributed by atoms with Crippen molar-refractivity contribution < 1.29 is 5.11 Å². The Balaban J connectivity index is 1.79. The summed E-state index contributed by atoms with van der Waals surface area (Å²) in [4.78, 5) is 8.82. The highest BCUT2D eigenvalue weighted by molar-refractivity contribution is 6.33. The number of fused-ring (bicyclic) bond motifs is 3. The summed E-state index contributed by atoms with van der Waals surface area (Å²) in [6, 6.07) is 3.52. The van der Waals surface area contributed by atoms with Gasteiger partial charge < -0.3 is 10.5 Å². The highest BCUT2D eigenvalue weighted by Crippen LogP contribution is 2.48. The van der Waals surface area contributed by atoms with Crippen LogP contribution in [0.4, 0.5) is 5.82 Å². The van der Waals surface area contributed by atoms with Gasteiger partial charge in [-0.3, -0.25) is 5.43 Å². The number of nitrogens with zero attached hydrogens (tertiary/aromatic N) is 5. The molecule has 10 heteroatoms. The molecule has 2 unspecified atom stereocenters. The first kappa shape index (κ1) is 18.8. The van der Waals surface area contributed by atoms with Crippen LogP contribution in [0.1, 0.15) is 36.1 Å². The van der Waals surface area contributed by atoms with Gasteiger partial charge in [0.05, 0.1) is 23.5 Å². The summed E-state index contributed by atoms with van der Waals surface area (Å²) in [6.45, 7) is 1.96. The highest BCUT2D eigenvalue weighted by atomic mass is 35.5. The van der Waals surface area contributed by atoms with E-state index < -0.39 is 5.41 Å². The van der Waals surface area contributed by atoms with E-state index in [1.165, 1.54) is 6.21 Å². The van der Waals surface area contributed by atoms with Crippen LogP contribution in [0, 0.1) is 5.41 Å². The van der Waals surface area contributed by atoms with E-state index in [0.717, 1.165) is 23.0 Å². The SMILES string of the molecule is CC1(CO)CC(c2cnc(N/N=C\C=N)c(Cl)c2)c2cnc3cc(Cl)nn3c21. The normalized spacial score (nSPS) is 21.4. The zero-order valence-corrected chi connectivity index (χ0v) is 16.4. The molecule has 1 aliphatic rings. The molecule has 2 atom stereocenters. The van der Waals surface area contributed by atoms with Gasteiger partial charge in [-0.25, -0.2) is 14.5 Å². The largest absolute Gasteiger partial charge is 0.395 e. The summed E-state index contributed by atoms with van der Waals surface area (Å²) >= 11 is 12.4. The second-order valence-electron chi connectivity index (χ2n) is 6.93. The topological polar surface area (TPSA) is 112 Å². The molecule has 0 amide bonds. The molecule has 144 valence electrons. The molecule has 3 heterocycles. The lowest BCUT2D eigenvalue weighted by atomic mass is 9.86. The van der Waals surface area contributed by atoms with Crippen molar-refractivity contribution in [2.75, 3.05) is 12.0 Å². The zero-order chi connectivity index (χ0) is 19.9. The summed E-state index contributed by atoms with van der Waals surface area (Å²) in [5, 5.41) is 26.0. The Morgan fingerprint density at radius 1 is 1.39 bits per heavy atom. The van der Waals surface area contributed by atoms with Gasteiger partial charge in [-0.15, -0.1) is 0 Å². The number of aromatic nitrogens is 4. The number of hydrogen-bond acceptors (Lipinski definition) is 7. The monoisotopic (exact) mass is 417 g/mol. The third kappa shape index (κ3) is 3.03. The van der Waals surface area contributed by atoms with E-state index in [4.69, 9.17) is 28.6 Å². The summed E-state index contributed by atoms with van der Waals surface area (Å²) in [5.74, 6) is 0.357. The van der Waals surface area contributed by atoms with Gasteiger partial charge in [0.15, 0.2) is 16.6 Å². The van der Waals surface area contributed by atoms with Gasteiger partial charge in [-0.1, -0.05) is 30.1 Å². The molecule has 3 aromatic rings. The number of anilines is 1. The van der Waals surface area contributed by atoms with Crippen LogP contribution in [-0.4, -0.2) is 43.7 Å². The number of nitrogens with one attached hydrogen (secondary N) is 2. The van der Waals surface area contributed by atoms with Crippen LogP contribution in [0.15, 0.2) is 29.6 Å². The molecule has 8 nitrogen and oxygen atoms in total. The minimum atomic E-state index is -0.506. The highest BCUT2D eigenvalue weighted by Gasteiger charge is 2.43. The third-order valence-electron chi connectivity index (χ3n) is 5.02. The molecule has 3 aromatic heterocycles. The van der Waals surface area contributed by atoms with Crippen LogP contribution in [0.2, 0.25) is 10.2 Å². The van der Waals surface area contributed by atoms with Gasteiger partial charge in [-0.05, 0) is 18.1 Å². The lowest BCUT2D eigenvalue weighted by Crippen LogP contribution is -2.26. The molecule has 0 aliphatic heterocycles. The van der Waals surface area contributed by atoms with E-state index in [0.29, 0.717) is 28.1 Å². The Morgan fingerprint density at radius 2 is 2.21 bits per heavy atom. The molecular weight excluding hydrogens is 401 g/mol. The number of pyridine rings is 1. The van der Waals surface area contributed by atoms with Crippen LogP contribution in [0.3, 0.4) is 0 Å². The summed E-state index contributed by atoms with van der Waals surface area (Å²) < 4.78 is 1.71. The fraction of sp³-hybridized carbons (Fsp3) is 0.278. The Bertz CT molecular complexity index is 1100. The van der Waals surface area contributed by atoms with Crippen molar-refractivity contribution in [2.24, 2.45) is 5.10 Å². The second-order valence-corrected chi connectivity index (χ2v) is 7.72. The van der Waals surface area contributed by atoms with Crippen LogP contribution in [-0.2, 0) is 5.41 Å². The van der Waals surface area contributed by atoms with Gasteiger partial charge >= 0.3 is 0 Å². The van der Waals surface area contributed by atoms with E-state index in [1.54, 1.807) is 16.8 Å². The molecule has 0 radical (unpaired) electrons. The Kier molecular flexibility index (Phi) is 4.78. The Labute approximate surface area is 170 Å². The van der Waals surface area contributed by atoms with Crippen molar-refractivity contribution in [3.63, 3.8) is 0 Å². The van der Waals surface area contributed by atoms with Crippen LogP contribution >= 0.6 is 23.2 Å². The minimum absolute atomic E-state index is 0.0355. The second kappa shape index (κ2) is 7.12. The van der Waals surface area contributed by atoms with Crippen molar-refractivity contribution in [1.82, 2.24) is 19.6 Å². The molecule has 0 saturated carbocycles.